The Balaban J connectivity index is 2.28. The van der Waals surface area contributed by atoms with Gasteiger partial charge in [-0.3, -0.25) is 4.84 Å². The van der Waals surface area contributed by atoms with Crippen molar-refractivity contribution in [2.24, 2.45) is 0 Å². The Bertz CT molecular complexity index is 327. The fourth-order valence-corrected chi connectivity index (χ4v) is 1.38. The van der Waals surface area contributed by atoms with Gasteiger partial charge in [-0.2, -0.15) is 5.48 Å². The molecule has 3 nitrogen and oxygen atoms in total. The Morgan fingerprint density at radius 1 is 1.24 bits per heavy atom. The number of hydrogen-bond donors (Lipinski definition) is 2. The van der Waals surface area contributed by atoms with Gasteiger partial charge in [-0.1, -0.05) is 12.1 Å². The number of rotatable bonds is 5. The third-order valence-corrected chi connectivity index (χ3v) is 2.37. The van der Waals surface area contributed by atoms with E-state index in [9.17, 15) is 5.11 Å². The minimum absolute atomic E-state index is 0.160. The van der Waals surface area contributed by atoms with E-state index in [1.165, 1.54) is 5.56 Å². The van der Waals surface area contributed by atoms with Gasteiger partial charge in [0.15, 0.2) is 0 Å². The van der Waals surface area contributed by atoms with Crippen LogP contribution in [0.25, 0.3) is 0 Å². The van der Waals surface area contributed by atoms with E-state index in [0.717, 1.165) is 12.8 Å². The summed E-state index contributed by atoms with van der Waals surface area (Å²) in [6.45, 7) is 8.16. The Kier molecular flexibility index (Phi) is 4.97. The van der Waals surface area contributed by atoms with Gasteiger partial charge in [0.1, 0.15) is 5.75 Å². The highest BCUT2D eigenvalue weighted by molar-refractivity contribution is 5.25. The second-order valence-corrected chi connectivity index (χ2v) is 5.44. The molecule has 1 rings (SSSR count). The standard InChI is InChI=1S/C14H23NO2/c1-11(15-17-14(2,3)4)5-6-12-7-9-13(16)10-8-12/h7-11,15-16H,5-6H2,1-4H3. The lowest BCUT2D eigenvalue weighted by molar-refractivity contribution is -0.0867. The van der Waals surface area contributed by atoms with Crippen LogP contribution in [0.15, 0.2) is 24.3 Å². The van der Waals surface area contributed by atoms with E-state index >= 15 is 0 Å². The molecule has 0 heterocycles. The monoisotopic (exact) mass is 237 g/mol. The van der Waals surface area contributed by atoms with Crippen LogP contribution in [0.4, 0.5) is 0 Å². The number of phenolic OH excluding ortho intramolecular Hbond substituents is 1. The zero-order valence-electron chi connectivity index (χ0n) is 11.2. The molecule has 96 valence electrons. The van der Waals surface area contributed by atoms with Crippen molar-refractivity contribution in [3.05, 3.63) is 29.8 Å². The maximum absolute atomic E-state index is 9.18. The molecule has 0 spiro atoms. The quantitative estimate of drug-likeness (QED) is 0.773. The zero-order chi connectivity index (χ0) is 12.9. The lowest BCUT2D eigenvalue weighted by atomic mass is 10.1. The summed E-state index contributed by atoms with van der Waals surface area (Å²) in [5.41, 5.74) is 4.12. The summed E-state index contributed by atoms with van der Waals surface area (Å²) < 4.78 is 0. The van der Waals surface area contributed by atoms with Gasteiger partial charge in [-0.25, -0.2) is 0 Å². The first kappa shape index (κ1) is 14.0. The smallest absolute Gasteiger partial charge is 0.115 e. The molecule has 0 saturated heterocycles. The van der Waals surface area contributed by atoms with Crippen LogP contribution in [-0.2, 0) is 11.3 Å². The van der Waals surface area contributed by atoms with Crippen molar-refractivity contribution in [1.82, 2.24) is 5.48 Å². The summed E-state index contributed by atoms with van der Waals surface area (Å²) in [6.07, 6.45) is 1.98. The maximum Gasteiger partial charge on any atom is 0.115 e. The highest BCUT2D eigenvalue weighted by Crippen LogP contribution is 2.12. The lowest BCUT2D eigenvalue weighted by Crippen LogP contribution is -2.35. The van der Waals surface area contributed by atoms with E-state index < -0.39 is 0 Å². The van der Waals surface area contributed by atoms with Crippen LogP contribution < -0.4 is 5.48 Å². The summed E-state index contributed by atoms with van der Waals surface area (Å²) in [5, 5.41) is 9.18. The van der Waals surface area contributed by atoms with E-state index in [1.807, 2.05) is 32.9 Å². The molecule has 0 saturated carbocycles. The van der Waals surface area contributed by atoms with Crippen molar-refractivity contribution < 1.29 is 9.94 Å². The summed E-state index contributed by atoms with van der Waals surface area (Å²) >= 11 is 0. The molecule has 1 atom stereocenters. The summed E-state index contributed by atoms with van der Waals surface area (Å²) in [7, 11) is 0. The zero-order valence-corrected chi connectivity index (χ0v) is 11.2. The normalized spacial score (nSPS) is 13.6. The molecule has 0 aliphatic heterocycles. The van der Waals surface area contributed by atoms with E-state index in [2.05, 4.69) is 12.4 Å². The number of aromatic hydroxyl groups is 1. The number of phenols is 1. The fourth-order valence-electron chi connectivity index (χ4n) is 1.38. The number of hydroxylamine groups is 1. The molecular weight excluding hydrogens is 214 g/mol. The first-order chi connectivity index (χ1) is 7.87. The third kappa shape index (κ3) is 6.29. The second kappa shape index (κ2) is 6.03. The summed E-state index contributed by atoms with van der Waals surface area (Å²) in [6, 6.07) is 7.65. The molecule has 0 radical (unpaired) electrons. The van der Waals surface area contributed by atoms with Crippen molar-refractivity contribution in [2.75, 3.05) is 0 Å². The molecule has 17 heavy (non-hydrogen) atoms. The average molecular weight is 237 g/mol. The second-order valence-electron chi connectivity index (χ2n) is 5.44. The molecule has 0 fully saturated rings. The van der Waals surface area contributed by atoms with Crippen LogP contribution in [0.1, 0.15) is 39.7 Å². The largest absolute Gasteiger partial charge is 0.508 e. The van der Waals surface area contributed by atoms with Gasteiger partial charge in [-0.15, -0.1) is 0 Å². The highest BCUT2D eigenvalue weighted by atomic mass is 16.7. The molecule has 0 amide bonds. The molecule has 1 aromatic rings. The van der Waals surface area contributed by atoms with Crippen molar-refractivity contribution in [3.63, 3.8) is 0 Å². The van der Waals surface area contributed by atoms with E-state index in [4.69, 9.17) is 4.84 Å². The number of nitrogens with one attached hydrogen (secondary N) is 1. The topological polar surface area (TPSA) is 41.5 Å². The van der Waals surface area contributed by atoms with Gasteiger partial charge < -0.3 is 5.11 Å². The number of hydrogen-bond acceptors (Lipinski definition) is 3. The van der Waals surface area contributed by atoms with Gasteiger partial charge in [0.25, 0.3) is 0 Å². The van der Waals surface area contributed by atoms with E-state index in [1.54, 1.807) is 12.1 Å². The Morgan fingerprint density at radius 3 is 2.35 bits per heavy atom. The third-order valence-electron chi connectivity index (χ3n) is 2.37. The number of aryl methyl sites for hydroxylation is 1. The average Bonchev–Trinajstić information content (AvgIpc) is 2.25. The van der Waals surface area contributed by atoms with Crippen LogP contribution in [0.2, 0.25) is 0 Å². The van der Waals surface area contributed by atoms with E-state index in [0.29, 0.717) is 11.8 Å². The van der Waals surface area contributed by atoms with Gasteiger partial charge in [-0.05, 0) is 58.2 Å². The molecule has 0 aliphatic rings. The molecule has 0 aromatic heterocycles. The maximum atomic E-state index is 9.18. The molecule has 1 unspecified atom stereocenters. The SMILES string of the molecule is CC(CCc1ccc(O)cc1)NOC(C)(C)C. The first-order valence-electron chi connectivity index (χ1n) is 6.08. The van der Waals surface area contributed by atoms with Gasteiger partial charge >= 0.3 is 0 Å². The molecule has 0 aliphatic carbocycles. The van der Waals surface area contributed by atoms with Crippen LogP contribution in [-0.4, -0.2) is 16.7 Å². The highest BCUT2D eigenvalue weighted by Gasteiger charge is 2.12. The van der Waals surface area contributed by atoms with E-state index in [-0.39, 0.29) is 5.60 Å². The first-order valence-corrected chi connectivity index (χ1v) is 6.08. The van der Waals surface area contributed by atoms with Crippen LogP contribution >= 0.6 is 0 Å². The Labute approximate surface area is 104 Å². The van der Waals surface area contributed by atoms with Gasteiger partial charge in [0.2, 0.25) is 0 Å². The summed E-state index contributed by atoms with van der Waals surface area (Å²) in [4.78, 5) is 5.51. The lowest BCUT2D eigenvalue weighted by Gasteiger charge is -2.23. The molecular formula is C14H23NO2. The Morgan fingerprint density at radius 2 is 1.82 bits per heavy atom. The van der Waals surface area contributed by atoms with Crippen molar-refractivity contribution >= 4 is 0 Å². The van der Waals surface area contributed by atoms with Crippen molar-refractivity contribution in [1.29, 1.82) is 0 Å². The predicted molar refractivity (Wildman–Crippen MR) is 69.9 cm³/mol. The molecule has 0 bridgehead atoms. The molecule has 2 N–H and O–H groups in total. The van der Waals surface area contributed by atoms with Crippen LogP contribution in [0.5, 0.6) is 5.75 Å². The number of benzene rings is 1. The van der Waals surface area contributed by atoms with Crippen LogP contribution in [0, 0.1) is 0 Å². The fraction of sp³-hybridized carbons (Fsp3) is 0.571. The Hall–Kier alpha value is -1.06. The van der Waals surface area contributed by atoms with Gasteiger partial charge in [0.05, 0.1) is 5.60 Å². The van der Waals surface area contributed by atoms with Crippen molar-refractivity contribution in [3.8, 4) is 5.75 Å². The molecule has 3 heteroatoms. The van der Waals surface area contributed by atoms with Gasteiger partial charge in [0, 0.05) is 6.04 Å². The minimum atomic E-state index is -0.160. The van der Waals surface area contributed by atoms with Crippen LogP contribution in [0.3, 0.4) is 0 Å². The minimum Gasteiger partial charge on any atom is -0.508 e. The summed E-state index contributed by atoms with van der Waals surface area (Å²) in [5.74, 6) is 0.316. The predicted octanol–water partition coefficient (Wildman–Crippen LogP) is 3.03. The van der Waals surface area contributed by atoms with Crippen molar-refractivity contribution in [2.45, 2.75) is 52.2 Å². The molecule has 1 aromatic carbocycles.